The van der Waals surface area contributed by atoms with Crippen LogP contribution in [0.2, 0.25) is 0 Å². The molecule has 1 aliphatic rings. The predicted molar refractivity (Wildman–Crippen MR) is 67.2 cm³/mol. The fourth-order valence-corrected chi connectivity index (χ4v) is 2.14. The molecular formula is C14H20N2. The molecule has 2 rings (SSSR count). The number of hydrogen-bond donors (Lipinski definition) is 1. The third-order valence-corrected chi connectivity index (χ3v) is 3.22. The lowest BCUT2D eigenvalue weighted by atomic mass is 9.94. The molecule has 1 unspecified atom stereocenters. The highest BCUT2D eigenvalue weighted by atomic mass is 14.9. The van der Waals surface area contributed by atoms with Crippen molar-refractivity contribution in [1.29, 1.82) is 0 Å². The number of nitrogens with zero attached hydrogens (tertiary/aromatic N) is 1. The quantitative estimate of drug-likeness (QED) is 0.783. The molecule has 2 heteroatoms. The van der Waals surface area contributed by atoms with E-state index in [9.17, 15) is 0 Å². The van der Waals surface area contributed by atoms with Gasteiger partial charge in [0.2, 0.25) is 0 Å². The highest BCUT2D eigenvalue weighted by Gasteiger charge is 2.09. The largest absolute Gasteiger partial charge is 0.311 e. The Hall–Kier alpha value is -1.15. The molecule has 1 atom stereocenters. The van der Waals surface area contributed by atoms with E-state index in [2.05, 4.69) is 35.4 Å². The van der Waals surface area contributed by atoms with Crippen LogP contribution in [0.1, 0.15) is 30.5 Å². The predicted octanol–water partition coefficient (Wildman–Crippen LogP) is 2.84. The molecule has 1 heterocycles. The van der Waals surface area contributed by atoms with Crippen LogP contribution < -0.4 is 5.32 Å². The van der Waals surface area contributed by atoms with Crippen LogP contribution in [0.4, 0.5) is 0 Å². The lowest BCUT2D eigenvalue weighted by Crippen LogP contribution is -2.23. The summed E-state index contributed by atoms with van der Waals surface area (Å²) >= 11 is 0. The fourth-order valence-electron chi connectivity index (χ4n) is 2.14. The molecule has 1 aromatic heterocycles. The molecule has 1 aromatic rings. The van der Waals surface area contributed by atoms with Crippen molar-refractivity contribution in [3.63, 3.8) is 0 Å². The van der Waals surface area contributed by atoms with E-state index in [4.69, 9.17) is 0 Å². The third kappa shape index (κ3) is 3.17. The molecule has 86 valence electrons. The van der Waals surface area contributed by atoms with Crippen LogP contribution in [0.5, 0.6) is 0 Å². The van der Waals surface area contributed by atoms with Gasteiger partial charge in [-0.2, -0.15) is 0 Å². The van der Waals surface area contributed by atoms with Gasteiger partial charge in [0.25, 0.3) is 0 Å². The van der Waals surface area contributed by atoms with Gasteiger partial charge in [0, 0.05) is 12.7 Å². The lowest BCUT2D eigenvalue weighted by molar-refractivity contribution is 0.439. The molecule has 1 N–H and O–H groups in total. The summed E-state index contributed by atoms with van der Waals surface area (Å²) < 4.78 is 0. The van der Waals surface area contributed by atoms with Crippen molar-refractivity contribution < 1.29 is 0 Å². The topological polar surface area (TPSA) is 24.9 Å². The number of rotatable bonds is 4. The van der Waals surface area contributed by atoms with Crippen molar-refractivity contribution >= 4 is 0 Å². The first-order valence-corrected chi connectivity index (χ1v) is 6.12. The average molecular weight is 216 g/mol. The number of allylic oxidation sites excluding steroid dienone is 2. The van der Waals surface area contributed by atoms with Crippen LogP contribution >= 0.6 is 0 Å². The molecule has 0 saturated carbocycles. The maximum Gasteiger partial charge on any atom is 0.0570 e. The van der Waals surface area contributed by atoms with Crippen LogP contribution in [-0.4, -0.2) is 11.5 Å². The van der Waals surface area contributed by atoms with Crippen molar-refractivity contribution in [3.05, 3.63) is 41.7 Å². The zero-order chi connectivity index (χ0) is 11.2. The van der Waals surface area contributed by atoms with Crippen LogP contribution in [-0.2, 0) is 6.54 Å². The average Bonchev–Trinajstić information content (AvgIpc) is 2.33. The Kier molecular flexibility index (Phi) is 4.11. The summed E-state index contributed by atoms with van der Waals surface area (Å²) in [6.45, 7) is 4.13. The zero-order valence-electron chi connectivity index (χ0n) is 9.95. The van der Waals surface area contributed by atoms with Gasteiger partial charge < -0.3 is 5.32 Å². The van der Waals surface area contributed by atoms with Crippen molar-refractivity contribution in [1.82, 2.24) is 10.3 Å². The maximum absolute atomic E-state index is 4.38. The smallest absolute Gasteiger partial charge is 0.0570 e. The van der Waals surface area contributed by atoms with E-state index in [0.717, 1.165) is 19.0 Å². The molecule has 0 amide bonds. The van der Waals surface area contributed by atoms with Crippen molar-refractivity contribution in [2.24, 2.45) is 5.92 Å². The molecule has 0 radical (unpaired) electrons. The summed E-state index contributed by atoms with van der Waals surface area (Å²) in [6, 6.07) is 4.11. The first kappa shape index (κ1) is 11.3. The van der Waals surface area contributed by atoms with Crippen LogP contribution in [0.15, 0.2) is 30.5 Å². The number of pyridine rings is 1. The SMILES string of the molecule is Cc1cccnc1CNCC1CC=CCC1. The monoisotopic (exact) mass is 216 g/mol. The van der Waals surface area contributed by atoms with E-state index in [1.165, 1.54) is 30.5 Å². The number of aryl methyl sites for hydroxylation is 1. The Labute approximate surface area is 97.8 Å². The van der Waals surface area contributed by atoms with Gasteiger partial charge in [0.1, 0.15) is 0 Å². The molecule has 0 aliphatic heterocycles. The summed E-state index contributed by atoms with van der Waals surface area (Å²) in [6.07, 6.45) is 10.3. The van der Waals surface area contributed by atoms with E-state index in [1.54, 1.807) is 0 Å². The fraction of sp³-hybridized carbons (Fsp3) is 0.500. The molecule has 0 aromatic carbocycles. The van der Waals surface area contributed by atoms with E-state index < -0.39 is 0 Å². The second kappa shape index (κ2) is 5.80. The number of nitrogens with one attached hydrogen (secondary N) is 1. The minimum atomic E-state index is 0.814. The molecular weight excluding hydrogens is 196 g/mol. The maximum atomic E-state index is 4.38. The first-order chi connectivity index (χ1) is 7.86. The Morgan fingerprint density at radius 1 is 1.44 bits per heavy atom. The van der Waals surface area contributed by atoms with Crippen LogP contribution in [0, 0.1) is 12.8 Å². The minimum Gasteiger partial charge on any atom is -0.311 e. The Bertz CT molecular complexity index is 358. The standard InChI is InChI=1S/C14H20N2/c1-12-6-5-9-16-14(12)11-15-10-13-7-3-2-4-8-13/h2-3,5-6,9,13,15H,4,7-8,10-11H2,1H3. The van der Waals surface area contributed by atoms with Gasteiger partial charge in [-0.1, -0.05) is 18.2 Å². The van der Waals surface area contributed by atoms with Gasteiger partial charge in [-0.3, -0.25) is 4.98 Å². The minimum absolute atomic E-state index is 0.814. The summed E-state index contributed by atoms with van der Waals surface area (Å²) in [4.78, 5) is 4.38. The zero-order valence-corrected chi connectivity index (χ0v) is 9.95. The Morgan fingerprint density at radius 3 is 3.12 bits per heavy atom. The van der Waals surface area contributed by atoms with Crippen molar-refractivity contribution in [2.45, 2.75) is 32.7 Å². The van der Waals surface area contributed by atoms with Gasteiger partial charge in [-0.25, -0.2) is 0 Å². The first-order valence-electron chi connectivity index (χ1n) is 6.12. The van der Waals surface area contributed by atoms with Gasteiger partial charge >= 0.3 is 0 Å². The van der Waals surface area contributed by atoms with Crippen LogP contribution in [0.3, 0.4) is 0 Å². The summed E-state index contributed by atoms with van der Waals surface area (Å²) in [5.41, 5.74) is 2.45. The van der Waals surface area contributed by atoms with Gasteiger partial charge in [0.15, 0.2) is 0 Å². The van der Waals surface area contributed by atoms with E-state index in [-0.39, 0.29) is 0 Å². The van der Waals surface area contributed by atoms with Gasteiger partial charge in [-0.15, -0.1) is 0 Å². The van der Waals surface area contributed by atoms with E-state index in [1.807, 2.05) is 12.3 Å². The normalized spacial score (nSPS) is 19.9. The second-order valence-corrected chi connectivity index (χ2v) is 4.55. The van der Waals surface area contributed by atoms with Crippen molar-refractivity contribution in [3.8, 4) is 0 Å². The second-order valence-electron chi connectivity index (χ2n) is 4.55. The Balaban J connectivity index is 1.75. The highest BCUT2D eigenvalue weighted by molar-refractivity contribution is 5.17. The molecule has 16 heavy (non-hydrogen) atoms. The summed E-state index contributed by atoms with van der Waals surface area (Å²) in [5, 5.41) is 3.52. The lowest BCUT2D eigenvalue weighted by Gasteiger charge is -2.18. The molecule has 0 bridgehead atoms. The Morgan fingerprint density at radius 2 is 2.38 bits per heavy atom. The molecule has 2 nitrogen and oxygen atoms in total. The van der Waals surface area contributed by atoms with E-state index >= 15 is 0 Å². The highest BCUT2D eigenvalue weighted by Crippen LogP contribution is 2.17. The van der Waals surface area contributed by atoms with Gasteiger partial charge in [0.05, 0.1) is 5.69 Å². The summed E-state index contributed by atoms with van der Waals surface area (Å²) in [5.74, 6) is 0.814. The van der Waals surface area contributed by atoms with Crippen LogP contribution in [0.25, 0.3) is 0 Å². The third-order valence-electron chi connectivity index (χ3n) is 3.22. The van der Waals surface area contributed by atoms with E-state index in [0.29, 0.717) is 0 Å². The van der Waals surface area contributed by atoms with Gasteiger partial charge in [-0.05, 0) is 50.3 Å². The van der Waals surface area contributed by atoms with Crippen molar-refractivity contribution in [2.75, 3.05) is 6.54 Å². The molecule has 0 saturated heterocycles. The molecule has 0 fully saturated rings. The number of aromatic nitrogens is 1. The number of hydrogen-bond acceptors (Lipinski definition) is 2. The summed E-state index contributed by atoms with van der Waals surface area (Å²) in [7, 11) is 0. The molecule has 0 spiro atoms. The molecule has 1 aliphatic carbocycles.